The molecule has 360 valence electrons. The molecule has 0 aliphatic heterocycles. The third kappa shape index (κ3) is 14.3. The summed E-state index contributed by atoms with van der Waals surface area (Å²) in [6.07, 6.45) is 2.29. The predicted octanol–water partition coefficient (Wildman–Crippen LogP) is 4.47. The Labute approximate surface area is 388 Å². The molecule has 12 N–H and O–H groups in total. The minimum atomic E-state index is -4.99. The van der Waals surface area contributed by atoms with Crippen LogP contribution < -0.4 is 31.9 Å². The van der Waals surface area contributed by atoms with E-state index in [2.05, 4.69) is 61.8 Å². The molecular formula is C38H40N12O14S4. The van der Waals surface area contributed by atoms with Crippen molar-refractivity contribution < 1.29 is 62.1 Å². The normalized spacial score (nSPS) is 12.7. The fourth-order valence-electron chi connectivity index (χ4n) is 5.70. The number of aliphatic hydroxyl groups is 2. The van der Waals surface area contributed by atoms with Gasteiger partial charge in [-0.25, -0.2) is 0 Å². The van der Waals surface area contributed by atoms with Gasteiger partial charge in [0.15, 0.2) is 0 Å². The van der Waals surface area contributed by atoms with E-state index in [4.69, 9.17) is 0 Å². The summed E-state index contributed by atoms with van der Waals surface area (Å²) in [4.78, 5) is 23.1. The highest BCUT2D eigenvalue weighted by atomic mass is 32.2. The van der Waals surface area contributed by atoms with Crippen LogP contribution >= 0.6 is 0 Å². The second kappa shape index (κ2) is 18.9. The third-order valence-corrected chi connectivity index (χ3v) is 12.0. The molecule has 0 atom stereocenters. The Morgan fingerprint density at radius 1 is 0.397 bits per heavy atom. The van der Waals surface area contributed by atoms with E-state index < -0.39 is 61.7 Å². The summed E-state index contributed by atoms with van der Waals surface area (Å²) < 4.78 is 136. The number of hydrogen-bond acceptors (Lipinski definition) is 22. The van der Waals surface area contributed by atoms with Crippen molar-refractivity contribution in [3.8, 4) is 0 Å². The Morgan fingerprint density at radius 2 is 0.662 bits per heavy atom. The molecule has 68 heavy (non-hydrogen) atoms. The highest BCUT2D eigenvalue weighted by molar-refractivity contribution is 7.86. The monoisotopic (exact) mass is 1020 g/mol. The van der Waals surface area contributed by atoms with Gasteiger partial charge in [0.25, 0.3) is 40.5 Å². The highest BCUT2D eigenvalue weighted by Crippen LogP contribution is 2.29. The maximum atomic E-state index is 12.7. The van der Waals surface area contributed by atoms with Crippen LogP contribution in [0.3, 0.4) is 0 Å². The van der Waals surface area contributed by atoms with Crippen LogP contribution in [0.15, 0.2) is 105 Å². The quantitative estimate of drug-likeness (QED) is 0.0321. The van der Waals surface area contributed by atoms with E-state index in [0.29, 0.717) is 0 Å². The van der Waals surface area contributed by atoms with Crippen LogP contribution in [0.4, 0.5) is 58.4 Å². The molecule has 0 aliphatic carbocycles. The van der Waals surface area contributed by atoms with E-state index in [1.807, 2.05) is 0 Å². The number of nitrogens with one attached hydrogen (secondary N) is 6. The number of nitrogens with zero attached hydrogens (tertiary/aromatic N) is 6. The van der Waals surface area contributed by atoms with Crippen molar-refractivity contribution in [1.82, 2.24) is 29.9 Å². The molecule has 0 saturated carbocycles. The Bertz CT molecular complexity index is 3150. The van der Waals surface area contributed by atoms with Gasteiger partial charge in [-0.1, -0.05) is 24.3 Å². The van der Waals surface area contributed by atoms with Gasteiger partial charge in [-0.15, -0.1) is 0 Å². The Balaban J connectivity index is 1.28. The molecule has 30 heteroatoms. The molecule has 0 fully saturated rings. The molecule has 0 bridgehead atoms. The lowest BCUT2D eigenvalue weighted by molar-refractivity contribution is 0.110. The van der Waals surface area contributed by atoms with Crippen molar-refractivity contribution in [2.45, 2.75) is 58.7 Å². The molecule has 0 spiro atoms. The maximum absolute atomic E-state index is 12.7. The molecule has 2 heterocycles. The average Bonchev–Trinajstić information content (AvgIpc) is 3.18. The average molecular weight is 1020 g/mol. The van der Waals surface area contributed by atoms with E-state index in [1.165, 1.54) is 76.2 Å². The minimum absolute atomic E-state index is 0.000320. The Kier molecular flexibility index (Phi) is 14.0. The number of benzene rings is 4. The first-order valence-electron chi connectivity index (χ1n) is 19.0. The van der Waals surface area contributed by atoms with Crippen LogP contribution in [0.25, 0.3) is 12.2 Å². The lowest BCUT2D eigenvalue weighted by Crippen LogP contribution is -2.31. The van der Waals surface area contributed by atoms with Crippen LogP contribution in [-0.2, 0) is 40.5 Å². The van der Waals surface area contributed by atoms with Gasteiger partial charge in [0.2, 0.25) is 35.7 Å². The van der Waals surface area contributed by atoms with Crippen LogP contribution in [-0.4, -0.2) is 103 Å². The fourth-order valence-corrected chi connectivity index (χ4v) is 8.08. The highest BCUT2D eigenvalue weighted by Gasteiger charge is 2.22. The molecule has 0 amide bonds. The van der Waals surface area contributed by atoms with E-state index in [9.17, 15) is 62.1 Å². The molecular weight excluding hydrogens is 977 g/mol. The Morgan fingerprint density at radius 3 is 0.926 bits per heavy atom. The number of hydrogen-bond donors (Lipinski definition) is 12. The van der Waals surface area contributed by atoms with Crippen molar-refractivity contribution in [1.29, 1.82) is 0 Å². The molecule has 0 saturated heterocycles. The second-order valence-electron chi connectivity index (χ2n) is 15.3. The first-order chi connectivity index (χ1) is 31.4. The summed E-state index contributed by atoms with van der Waals surface area (Å²) in [6, 6.07) is 16.9. The standard InChI is InChI=1S/C38H40N12O14S4/c1-37(2,51)49-35-45-31(39-23-11-15-27(16-12-23)65(53,54)55)43-33(47-35)41-25-9-7-21(29(19-25)67(59,60)61)5-6-22-8-10-26(20-30(22)68(62,63)64)42-34-44-32(46-36(48-34)50-38(3,4)52)40-24-13-17-28(18-14-24)66(56,57)58/h5-20,51-52H,1-4H3,(H,53,54,55)(H,56,57,58)(H,59,60,61)(H,62,63,64)(H3,39,41,43,45,47,49)(H3,40,42,44,46,48,50). The predicted molar refractivity (Wildman–Crippen MR) is 247 cm³/mol. The van der Waals surface area contributed by atoms with Crippen LogP contribution in [0.1, 0.15) is 38.8 Å². The van der Waals surface area contributed by atoms with Gasteiger partial charge in [0, 0.05) is 22.7 Å². The second-order valence-corrected chi connectivity index (χ2v) is 20.9. The zero-order chi connectivity index (χ0) is 50.0. The molecule has 0 unspecified atom stereocenters. The minimum Gasteiger partial charge on any atom is -0.372 e. The van der Waals surface area contributed by atoms with Gasteiger partial charge in [-0.3, -0.25) is 18.2 Å². The van der Waals surface area contributed by atoms with Crippen molar-refractivity contribution in [2.75, 3.05) is 31.9 Å². The summed E-state index contributed by atoms with van der Waals surface area (Å²) >= 11 is 0. The summed E-state index contributed by atoms with van der Waals surface area (Å²) in [5, 5.41) is 37.2. The van der Waals surface area contributed by atoms with Gasteiger partial charge in [-0.05, 0) is 112 Å². The van der Waals surface area contributed by atoms with Gasteiger partial charge in [0.1, 0.15) is 21.2 Å². The largest absolute Gasteiger partial charge is 0.372 e. The van der Waals surface area contributed by atoms with Crippen LogP contribution in [0.5, 0.6) is 0 Å². The number of aromatic nitrogens is 6. The van der Waals surface area contributed by atoms with Crippen molar-refractivity contribution in [2.24, 2.45) is 0 Å². The van der Waals surface area contributed by atoms with Crippen LogP contribution in [0, 0.1) is 0 Å². The molecule has 0 radical (unpaired) electrons. The number of rotatable bonds is 18. The maximum Gasteiger partial charge on any atom is 0.295 e. The summed E-state index contributed by atoms with van der Waals surface area (Å²) in [5.74, 6) is -1.09. The fraction of sp³-hybridized carbons (Fsp3) is 0.158. The lowest BCUT2D eigenvalue weighted by Gasteiger charge is -2.20. The van der Waals surface area contributed by atoms with Gasteiger partial charge in [0.05, 0.1) is 9.79 Å². The number of anilines is 10. The van der Waals surface area contributed by atoms with Gasteiger partial charge >= 0.3 is 0 Å². The first-order valence-corrected chi connectivity index (χ1v) is 24.8. The molecule has 2 aromatic heterocycles. The summed E-state index contributed by atoms with van der Waals surface area (Å²) in [7, 11) is -18.9. The molecule has 6 rings (SSSR count). The van der Waals surface area contributed by atoms with E-state index in [0.717, 1.165) is 48.6 Å². The first kappa shape index (κ1) is 50.4. The van der Waals surface area contributed by atoms with E-state index in [1.54, 1.807) is 0 Å². The topological polar surface area (TPSA) is 407 Å². The summed E-state index contributed by atoms with van der Waals surface area (Å²) in [5.41, 5.74) is -2.86. The summed E-state index contributed by atoms with van der Waals surface area (Å²) in [6.45, 7) is 5.57. The molecule has 6 aromatic rings. The van der Waals surface area contributed by atoms with Gasteiger partial charge in [-0.2, -0.15) is 63.6 Å². The Hall–Kier alpha value is -7.00. The van der Waals surface area contributed by atoms with Crippen molar-refractivity contribution >= 4 is 111 Å². The van der Waals surface area contributed by atoms with Crippen LogP contribution in [0.2, 0.25) is 0 Å². The zero-order valence-electron chi connectivity index (χ0n) is 35.5. The smallest absolute Gasteiger partial charge is 0.295 e. The SMILES string of the molecule is CC(C)(O)Nc1nc(Nc2ccc(S(=O)(=O)O)cc2)nc(Nc2ccc(C=Cc3ccc(Nc4nc(Nc5ccc(S(=O)(=O)O)cc5)nc(NC(C)(C)O)n4)cc3S(=O)(=O)O)c(S(=O)(=O)O)c2)n1. The van der Waals surface area contributed by atoms with Gasteiger partial charge < -0.3 is 42.1 Å². The zero-order valence-corrected chi connectivity index (χ0v) is 38.8. The third-order valence-electron chi connectivity index (χ3n) is 8.46. The van der Waals surface area contributed by atoms with E-state index >= 15 is 0 Å². The molecule has 26 nitrogen and oxygen atoms in total. The van der Waals surface area contributed by atoms with Crippen molar-refractivity contribution in [3.05, 3.63) is 96.1 Å². The molecule has 4 aromatic carbocycles. The van der Waals surface area contributed by atoms with Crippen molar-refractivity contribution in [3.63, 3.8) is 0 Å². The molecule has 0 aliphatic rings. The van der Waals surface area contributed by atoms with E-state index in [-0.39, 0.29) is 79.4 Å². The lowest BCUT2D eigenvalue weighted by atomic mass is 10.1.